The number of hydrogen-bond donors (Lipinski definition) is 1. The molecule has 4 bridgehead atoms. The minimum absolute atomic E-state index is 0. The molecule has 0 spiro atoms. The van der Waals surface area contributed by atoms with Crippen molar-refractivity contribution in [2.45, 2.75) is 96.2 Å². The lowest BCUT2D eigenvalue weighted by atomic mass is 9.50. The van der Waals surface area contributed by atoms with Gasteiger partial charge in [-0.1, -0.05) is 0 Å². The SMILES string of the molecule is CC1(C)CCC(C)(C)N1CC(O)COCC12CC3CC(CC(C3)C1)C2.Cl. The molecule has 5 aliphatic rings. The molecule has 0 amide bonds. The van der Waals surface area contributed by atoms with E-state index in [4.69, 9.17) is 4.74 Å². The van der Waals surface area contributed by atoms with Crippen LogP contribution in [0.1, 0.15) is 79.1 Å². The second-order valence-electron chi connectivity index (χ2n) is 11.3. The number of likely N-dealkylation sites (tertiary alicyclic amines) is 1. The zero-order chi connectivity index (χ0) is 17.9. The fourth-order valence-corrected chi connectivity index (χ4v) is 7.34. The van der Waals surface area contributed by atoms with E-state index in [0.29, 0.717) is 12.0 Å². The second-order valence-corrected chi connectivity index (χ2v) is 11.3. The summed E-state index contributed by atoms with van der Waals surface area (Å²) in [7, 11) is 0. The molecule has 1 atom stereocenters. The maximum atomic E-state index is 10.6. The van der Waals surface area contributed by atoms with Gasteiger partial charge in [-0.3, -0.25) is 4.90 Å². The molecule has 5 fully saturated rings. The van der Waals surface area contributed by atoms with Gasteiger partial charge in [-0.15, -0.1) is 12.4 Å². The normalized spacial score (nSPS) is 41.2. The highest BCUT2D eigenvalue weighted by Crippen LogP contribution is 2.60. The van der Waals surface area contributed by atoms with Crippen molar-refractivity contribution in [3.8, 4) is 0 Å². The van der Waals surface area contributed by atoms with E-state index in [1.165, 1.54) is 51.4 Å². The lowest BCUT2D eigenvalue weighted by Crippen LogP contribution is -2.52. The maximum Gasteiger partial charge on any atom is 0.0900 e. The number of rotatable bonds is 6. The summed E-state index contributed by atoms with van der Waals surface area (Å²) in [6.45, 7) is 11.4. The summed E-state index contributed by atoms with van der Waals surface area (Å²) in [6, 6.07) is 0. The van der Waals surface area contributed by atoms with Crippen LogP contribution in [0.5, 0.6) is 0 Å². The van der Waals surface area contributed by atoms with Crippen LogP contribution in [-0.4, -0.2) is 46.9 Å². The van der Waals surface area contributed by atoms with Crippen molar-refractivity contribution in [3.05, 3.63) is 0 Å². The van der Waals surface area contributed by atoms with E-state index in [1.807, 2.05) is 0 Å². The van der Waals surface area contributed by atoms with E-state index >= 15 is 0 Å². The summed E-state index contributed by atoms with van der Waals surface area (Å²) in [5.74, 6) is 2.93. The van der Waals surface area contributed by atoms with Crippen molar-refractivity contribution in [2.24, 2.45) is 23.2 Å². The summed E-state index contributed by atoms with van der Waals surface area (Å²) >= 11 is 0. The van der Waals surface area contributed by atoms with Gasteiger partial charge >= 0.3 is 0 Å². The lowest BCUT2D eigenvalue weighted by molar-refractivity contribution is -0.109. The van der Waals surface area contributed by atoms with Crippen molar-refractivity contribution in [2.75, 3.05) is 19.8 Å². The third-order valence-electron chi connectivity index (χ3n) is 8.09. The molecular formula is C22H40ClNO2. The molecule has 1 N–H and O–H groups in total. The molecule has 0 radical (unpaired) electrons. The van der Waals surface area contributed by atoms with Crippen LogP contribution in [0.4, 0.5) is 0 Å². The number of ether oxygens (including phenoxy) is 1. The van der Waals surface area contributed by atoms with E-state index in [1.54, 1.807) is 0 Å². The Kier molecular flexibility index (Phi) is 5.79. The van der Waals surface area contributed by atoms with Crippen LogP contribution in [0.15, 0.2) is 0 Å². The monoisotopic (exact) mass is 385 g/mol. The molecule has 5 rings (SSSR count). The molecule has 1 heterocycles. The van der Waals surface area contributed by atoms with E-state index < -0.39 is 0 Å². The Morgan fingerprint density at radius 1 is 0.923 bits per heavy atom. The van der Waals surface area contributed by atoms with Crippen LogP contribution < -0.4 is 0 Å². The number of aliphatic hydroxyl groups is 1. The van der Waals surface area contributed by atoms with Crippen molar-refractivity contribution in [3.63, 3.8) is 0 Å². The Hall–Kier alpha value is 0.170. The highest BCUT2D eigenvalue weighted by Gasteiger charge is 2.51. The molecule has 1 aliphatic heterocycles. The van der Waals surface area contributed by atoms with Crippen LogP contribution >= 0.6 is 12.4 Å². The molecule has 0 aromatic heterocycles. The Labute approximate surface area is 166 Å². The minimum atomic E-state index is -0.370. The molecule has 0 aromatic rings. The van der Waals surface area contributed by atoms with Gasteiger partial charge in [0.1, 0.15) is 0 Å². The molecule has 152 valence electrons. The van der Waals surface area contributed by atoms with Crippen LogP contribution in [0, 0.1) is 23.2 Å². The van der Waals surface area contributed by atoms with Gasteiger partial charge in [-0.25, -0.2) is 0 Å². The Morgan fingerprint density at radius 3 is 1.85 bits per heavy atom. The predicted octanol–water partition coefficient (Wildman–Crippen LogP) is 4.66. The molecule has 0 aromatic carbocycles. The van der Waals surface area contributed by atoms with E-state index in [-0.39, 0.29) is 29.6 Å². The summed E-state index contributed by atoms with van der Waals surface area (Å²) < 4.78 is 6.15. The van der Waals surface area contributed by atoms with Crippen LogP contribution in [0.25, 0.3) is 0 Å². The highest BCUT2D eigenvalue weighted by molar-refractivity contribution is 5.85. The lowest BCUT2D eigenvalue weighted by Gasteiger charge is -2.56. The van der Waals surface area contributed by atoms with Crippen molar-refractivity contribution in [1.82, 2.24) is 4.90 Å². The number of β-amino-alcohol motifs (C(OH)–C–C–N with tert-alkyl or cyclic N) is 1. The number of hydrogen-bond acceptors (Lipinski definition) is 3. The molecule has 4 aliphatic carbocycles. The molecule has 1 unspecified atom stereocenters. The number of aliphatic hydroxyl groups excluding tert-OH is 1. The van der Waals surface area contributed by atoms with Gasteiger partial charge in [-0.2, -0.15) is 0 Å². The van der Waals surface area contributed by atoms with E-state index in [2.05, 4.69) is 32.6 Å². The predicted molar refractivity (Wildman–Crippen MR) is 109 cm³/mol. The van der Waals surface area contributed by atoms with Gasteiger partial charge in [0, 0.05) is 17.6 Å². The van der Waals surface area contributed by atoms with Gasteiger partial charge in [0.05, 0.1) is 19.3 Å². The molecular weight excluding hydrogens is 346 g/mol. The van der Waals surface area contributed by atoms with Gasteiger partial charge in [-0.05, 0) is 102 Å². The first-order chi connectivity index (χ1) is 11.7. The Bertz CT molecular complexity index is 453. The first kappa shape index (κ1) is 20.9. The van der Waals surface area contributed by atoms with Crippen molar-refractivity contribution in [1.29, 1.82) is 0 Å². The summed E-state index contributed by atoms with van der Waals surface area (Å²) in [5.41, 5.74) is 0.829. The zero-order valence-electron chi connectivity index (χ0n) is 17.3. The smallest absolute Gasteiger partial charge is 0.0900 e. The quantitative estimate of drug-likeness (QED) is 0.721. The standard InChI is InChI=1S/C22H39NO2.ClH/c1-20(2)5-6-21(3,4)23(20)13-19(24)14-25-15-22-10-16-7-17(11-22)9-18(8-16)12-22;/h16-19,24H,5-15H2,1-4H3;1H. The summed E-state index contributed by atoms with van der Waals surface area (Å²) in [5, 5.41) is 10.6. The third-order valence-corrected chi connectivity index (χ3v) is 8.09. The third kappa shape index (κ3) is 3.97. The second kappa shape index (κ2) is 7.21. The number of halogens is 1. The van der Waals surface area contributed by atoms with E-state index in [9.17, 15) is 5.11 Å². The first-order valence-corrected chi connectivity index (χ1v) is 10.7. The molecule has 4 saturated carbocycles. The van der Waals surface area contributed by atoms with Crippen molar-refractivity contribution >= 4 is 12.4 Å². The largest absolute Gasteiger partial charge is 0.389 e. The van der Waals surface area contributed by atoms with Gasteiger partial charge in [0.25, 0.3) is 0 Å². The van der Waals surface area contributed by atoms with Gasteiger partial charge < -0.3 is 9.84 Å². The average molecular weight is 386 g/mol. The Morgan fingerprint density at radius 2 is 1.38 bits per heavy atom. The molecule has 4 heteroatoms. The molecule has 1 saturated heterocycles. The fraction of sp³-hybridized carbons (Fsp3) is 1.00. The summed E-state index contributed by atoms with van der Waals surface area (Å²) in [6.07, 6.45) is 10.7. The fourth-order valence-electron chi connectivity index (χ4n) is 7.34. The topological polar surface area (TPSA) is 32.7 Å². The average Bonchev–Trinajstić information content (AvgIpc) is 2.68. The van der Waals surface area contributed by atoms with Gasteiger partial charge in [0.2, 0.25) is 0 Å². The maximum absolute atomic E-state index is 10.6. The van der Waals surface area contributed by atoms with Crippen LogP contribution in [0.3, 0.4) is 0 Å². The minimum Gasteiger partial charge on any atom is -0.389 e. The molecule has 3 nitrogen and oxygen atoms in total. The summed E-state index contributed by atoms with van der Waals surface area (Å²) in [4.78, 5) is 2.50. The van der Waals surface area contributed by atoms with Crippen LogP contribution in [-0.2, 0) is 4.74 Å². The highest BCUT2D eigenvalue weighted by atomic mass is 35.5. The van der Waals surface area contributed by atoms with Gasteiger partial charge in [0.15, 0.2) is 0 Å². The first-order valence-electron chi connectivity index (χ1n) is 10.7. The van der Waals surface area contributed by atoms with Crippen LogP contribution in [0.2, 0.25) is 0 Å². The Balaban J connectivity index is 0.00000196. The zero-order valence-corrected chi connectivity index (χ0v) is 18.1. The van der Waals surface area contributed by atoms with Crippen molar-refractivity contribution < 1.29 is 9.84 Å². The number of nitrogens with zero attached hydrogens (tertiary/aromatic N) is 1. The molecule has 26 heavy (non-hydrogen) atoms. The van der Waals surface area contributed by atoms with E-state index in [0.717, 1.165) is 30.9 Å².